The molecule has 0 spiro atoms. The first kappa shape index (κ1) is 6.37. The van der Waals surface area contributed by atoms with Crippen molar-refractivity contribution in [1.82, 2.24) is 0 Å². The first-order valence-electron chi connectivity index (χ1n) is 1.61. The van der Waals surface area contributed by atoms with Crippen LogP contribution < -0.4 is 0 Å². The van der Waals surface area contributed by atoms with Crippen LogP contribution in [-0.2, 0) is 0 Å². The lowest BCUT2D eigenvalue weighted by molar-refractivity contribution is 0.144. The van der Waals surface area contributed by atoms with Gasteiger partial charge >= 0.3 is 0 Å². The molecule has 0 rings (SSSR count). The molecule has 0 radical (unpaired) electrons. The molecule has 0 aliphatic rings. The molecule has 0 amide bonds. The van der Waals surface area contributed by atoms with Crippen LogP contribution in [0.25, 0.3) is 0 Å². The number of halogens is 2. The first-order chi connectivity index (χ1) is 2.64. The third-order valence-electron chi connectivity index (χ3n) is 0.365. The van der Waals surface area contributed by atoms with Gasteiger partial charge in [-0.1, -0.05) is 0 Å². The molecule has 0 aliphatic carbocycles. The van der Waals surface area contributed by atoms with E-state index in [1.54, 1.807) is 0 Å². The van der Waals surface area contributed by atoms with Gasteiger partial charge in [-0.25, -0.2) is 4.39 Å². The van der Waals surface area contributed by atoms with E-state index in [2.05, 4.69) is 15.9 Å². The lowest BCUT2D eigenvalue weighted by Crippen LogP contribution is -2.09. The molecule has 0 aromatic carbocycles. The normalized spacial score (nSPS) is 20.0. The van der Waals surface area contributed by atoms with Crippen LogP contribution in [0.4, 0.5) is 4.39 Å². The van der Waals surface area contributed by atoms with Gasteiger partial charge in [0.2, 0.25) is 0 Å². The second-order valence-electron chi connectivity index (χ2n) is 1.08. The zero-order chi connectivity index (χ0) is 5.15. The predicted molar refractivity (Wildman–Crippen MR) is 25.5 cm³/mol. The molecule has 0 saturated carbocycles. The van der Waals surface area contributed by atoms with Crippen molar-refractivity contribution in [2.24, 2.45) is 0 Å². The maximum atomic E-state index is 11.5. The third-order valence-corrected chi connectivity index (χ3v) is 1.13. The Balaban J connectivity index is 2.99. The molecule has 0 aromatic rings. The molecule has 0 aromatic heterocycles. The lowest BCUT2D eigenvalue weighted by Gasteiger charge is -1.98. The molecule has 0 heterocycles. The summed E-state index contributed by atoms with van der Waals surface area (Å²) in [6.45, 7) is 1.37. The SMILES string of the molecule is CC(O)C(F)Br. The second kappa shape index (κ2) is 2.53. The van der Waals surface area contributed by atoms with Gasteiger partial charge in [0, 0.05) is 0 Å². The Kier molecular flexibility index (Phi) is 2.68. The van der Waals surface area contributed by atoms with Crippen LogP contribution in [0.15, 0.2) is 0 Å². The molecule has 0 aliphatic heterocycles. The summed E-state index contributed by atoms with van der Waals surface area (Å²) in [7, 11) is 0. The maximum absolute atomic E-state index is 11.5. The number of aliphatic hydroxyl groups excluding tert-OH is 1. The maximum Gasteiger partial charge on any atom is 0.180 e. The summed E-state index contributed by atoms with van der Waals surface area (Å²) in [5, 5.41) is 6.93. The van der Waals surface area contributed by atoms with Crippen LogP contribution in [0.2, 0.25) is 0 Å². The summed E-state index contributed by atoms with van der Waals surface area (Å²) in [5.41, 5.74) is 0. The van der Waals surface area contributed by atoms with Crippen LogP contribution in [0, 0.1) is 0 Å². The summed E-state index contributed by atoms with van der Waals surface area (Å²) in [5.74, 6) is 0. The largest absolute Gasteiger partial charge is 0.389 e. The third kappa shape index (κ3) is 2.60. The Labute approximate surface area is 44.3 Å². The topological polar surface area (TPSA) is 20.2 Å². The van der Waals surface area contributed by atoms with Gasteiger partial charge in [0.15, 0.2) is 5.08 Å². The fourth-order valence-electron chi connectivity index (χ4n) is 0. The molecule has 0 saturated heterocycles. The molecular formula is C3H6BrFO. The minimum atomic E-state index is -1.28. The van der Waals surface area contributed by atoms with Gasteiger partial charge in [-0.3, -0.25) is 0 Å². The van der Waals surface area contributed by atoms with Crippen molar-refractivity contribution in [3.63, 3.8) is 0 Å². The van der Waals surface area contributed by atoms with Crippen LogP contribution in [0.1, 0.15) is 6.92 Å². The summed E-state index contributed by atoms with van der Waals surface area (Å²) in [4.78, 5) is 0. The molecule has 1 nitrogen and oxygen atoms in total. The molecule has 3 heteroatoms. The van der Waals surface area contributed by atoms with Crippen molar-refractivity contribution >= 4 is 15.9 Å². The van der Waals surface area contributed by atoms with Gasteiger partial charge in [-0.05, 0) is 22.9 Å². The second-order valence-corrected chi connectivity index (χ2v) is 1.95. The fraction of sp³-hybridized carbons (Fsp3) is 1.00. The van der Waals surface area contributed by atoms with Gasteiger partial charge in [-0.15, -0.1) is 0 Å². The number of hydrogen-bond donors (Lipinski definition) is 1. The lowest BCUT2D eigenvalue weighted by atomic mass is 10.5. The van der Waals surface area contributed by atoms with Crippen molar-refractivity contribution < 1.29 is 9.50 Å². The minimum Gasteiger partial charge on any atom is -0.389 e. The molecule has 2 atom stereocenters. The number of alkyl halides is 2. The van der Waals surface area contributed by atoms with Crippen molar-refractivity contribution in [3.8, 4) is 0 Å². The van der Waals surface area contributed by atoms with Gasteiger partial charge in [-0.2, -0.15) is 0 Å². The highest BCUT2D eigenvalue weighted by Gasteiger charge is 2.04. The molecule has 1 N–H and O–H groups in total. The Hall–Kier alpha value is 0.370. The fourth-order valence-corrected chi connectivity index (χ4v) is 0. The van der Waals surface area contributed by atoms with Gasteiger partial charge in [0.1, 0.15) is 0 Å². The Bertz CT molecular complexity index is 31.8. The molecular weight excluding hydrogens is 151 g/mol. The Morgan fingerprint density at radius 3 is 2.00 bits per heavy atom. The summed E-state index contributed by atoms with van der Waals surface area (Å²) >= 11 is 2.52. The summed E-state index contributed by atoms with van der Waals surface area (Å²) in [6, 6.07) is 0. The van der Waals surface area contributed by atoms with E-state index in [0.29, 0.717) is 0 Å². The minimum absolute atomic E-state index is 0.898. The highest BCUT2D eigenvalue weighted by molar-refractivity contribution is 9.09. The van der Waals surface area contributed by atoms with Crippen molar-refractivity contribution in [2.75, 3.05) is 0 Å². The van der Waals surface area contributed by atoms with E-state index in [4.69, 9.17) is 5.11 Å². The molecule has 0 fully saturated rings. The molecule has 38 valence electrons. The Morgan fingerprint density at radius 1 is 1.83 bits per heavy atom. The summed E-state index contributed by atoms with van der Waals surface area (Å²) < 4.78 is 11.5. The van der Waals surface area contributed by atoms with E-state index in [9.17, 15) is 4.39 Å². The standard InChI is InChI=1S/C3H6BrFO/c1-2(6)3(4)5/h2-3,6H,1H3. The van der Waals surface area contributed by atoms with Gasteiger partial charge in [0.25, 0.3) is 0 Å². The molecule has 6 heavy (non-hydrogen) atoms. The van der Waals surface area contributed by atoms with Crippen molar-refractivity contribution in [2.45, 2.75) is 18.1 Å². The van der Waals surface area contributed by atoms with E-state index in [0.717, 1.165) is 0 Å². The molecule has 0 bridgehead atoms. The smallest absolute Gasteiger partial charge is 0.180 e. The predicted octanol–water partition coefficient (Wildman–Crippen LogP) is 1.06. The average Bonchev–Trinajstić information content (AvgIpc) is 1.36. The molecule has 2 unspecified atom stereocenters. The van der Waals surface area contributed by atoms with Crippen LogP contribution in [0.3, 0.4) is 0 Å². The average molecular weight is 157 g/mol. The Morgan fingerprint density at radius 2 is 2.00 bits per heavy atom. The van der Waals surface area contributed by atoms with E-state index < -0.39 is 11.2 Å². The van der Waals surface area contributed by atoms with E-state index >= 15 is 0 Å². The number of aliphatic hydroxyl groups is 1. The zero-order valence-electron chi connectivity index (χ0n) is 3.36. The van der Waals surface area contributed by atoms with Crippen LogP contribution in [0.5, 0.6) is 0 Å². The van der Waals surface area contributed by atoms with Gasteiger partial charge < -0.3 is 5.11 Å². The van der Waals surface area contributed by atoms with Gasteiger partial charge in [0.05, 0.1) is 6.10 Å². The highest BCUT2D eigenvalue weighted by Crippen LogP contribution is 2.04. The van der Waals surface area contributed by atoms with E-state index in [1.165, 1.54) is 6.92 Å². The zero-order valence-corrected chi connectivity index (χ0v) is 4.94. The number of hydrogen-bond acceptors (Lipinski definition) is 1. The number of rotatable bonds is 1. The monoisotopic (exact) mass is 156 g/mol. The summed E-state index contributed by atoms with van der Waals surface area (Å²) in [6.07, 6.45) is -0.898. The van der Waals surface area contributed by atoms with E-state index in [-0.39, 0.29) is 0 Å². The van der Waals surface area contributed by atoms with Crippen LogP contribution >= 0.6 is 15.9 Å². The highest BCUT2D eigenvalue weighted by atomic mass is 79.9. The van der Waals surface area contributed by atoms with Crippen molar-refractivity contribution in [1.29, 1.82) is 0 Å². The first-order valence-corrected chi connectivity index (χ1v) is 2.52. The van der Waals surface area contributed by atoms with Crippen molar-refractivity contribution in [3.05, 3.63) is 0 Å². The van der Waals surface area contributed by atoms with E-state index in [1.807, 2.05) is 0 Å². The van der Waals surface area contributed by atoms with Crippen LogP contribution in [-0.4, -0.2) is 16.3 Å². The quantitative estimate of drug-likeness (QED) is 0.564.